The van der Waals surface area contributed by atoms with Gasteiger partial charge in [-0.1, -0.05) is 12.1 Å². The van der Waals surface area contributed by atoms with Crippen LogP contribution in [0.15, 0.2) is 42.6 Å². The highest BCUT2D eigenvalue weighted by molar-refractivity contribution is 5.93. The van der Waals surface area contributed by atoms with Crippen molar-refractivity contribution in [1.82, 2.24) is 4.98 Å². The Morgan fingerprint density at radius 2 is 2.11 bits per heavy atom. The summed E-state index contributed by atoms with van der Waals surface area (Å²) in [5.41, 5.74) is 13.1. The number of benzene rings is 1. The average Bonchev–Trinajstić information content (AvgIpc) is 2.37. The SMILES string of the molecule is NC(=O)c1ccnc(NCc2cccc(N)c2)c1. The molecule has 92 valence electrons. The normalized spacial score (nSPS) is 10.0. The molecule has 5 N–H and O–H groups in total. The summed E-state index contributed by atoms with van der Waals surface area (Å²) < 4.78 is 0. The van der Waals surface area contributed by atoms with Crippen LogP contribution in [0.25, 0.3) is 0 Å². The van der Waals surface area contributed by atoms with Crippen molar-refractivity contribution in [1.29, 1.82) is 0 Å². The van der Waals surface area contributed by atoms with Crippen molar-refractivity contribution in [2.75, 3.05) is 11.1 Å². The van der Waals surface area contributed by atoms with Crippen molar-refractivity contribution >= 4 is 17.4 Å². The lowest BCUT2D eigenvalue weighted by atomic mass is 10.2. The molecule has 2 aromatic rings. The molecule has 0 saturated heterocycles. The zero-order chi connectivity index (χ0) is 13.0. The molecule has 0 unspecified atom stereocenters. The van der Waals surface area contributed by atoms with Crippen molar-refractivity contribution in [2.45, 2.75) is 6.54 Å². The molecule has 1 aromatic carbocycles. The second-order valence-corrected chi connectivity index (χ2v) is 3.89. The number of carbonyl (C=O) groups excluding carboxylic acids is 1. The van der Waals surface area contributed by atoms with Crippen LogP contribution in [0.2, 0.25) is 0 Å². The molecular weight excluding hydrogens is 228 g/mol. The van der Waals surface area contributed by atoms with Crippen molar-refractivity contribution in [2.24, 2.45) is 5.73 Å². The second kappa shape index (κ2) is 5.18. The Balaban J connectivity index is 2.06. The topological polar surface area (TPSA) is 94.0 Å². The highest BCUT2D eigenvalue weighted by atomic mass is 16.1. The Hall–Kier alpha value is -2.56. The molecule has 0 atom stereocenters. The monoisotopic (exact) mass is 242 g/mol. The molecule has 0 aliphatic heterocycles. The van der Waals surface area contributed by atoms with E-state index in [1.54, 1.807) is 18.3 Å². The number of nitrogens with one attached hydrogen (secondary N) is 1. The number of nitrogens with two attached hydrogens (primary N) is 2. The minimum atomic E-state index is -0.468. The standard InChI is InChI=1S/C13H14N4O/c14-11-3-1-2-9(6-11)8-17-12-7-10(13(15)18)4-5-16-12/h1-7H,8,14H2,(H2,15,18)(H,16,17). The van der Waals surface area contributed by atoms with Crippen LogP contribution in [0, 0.1) is 0 Å². The number of hydrogen-bond donors (Lipinski definition) is 3. The number of aromatic nitrogens is 1. The summed E-state index contributed by atoms with van der Waals surface area (Å²) in [6, 6.07) is 10.8. The van der Waals surface area contributed by atoms with Crippen molar-refractivity contribution in [3.63, 3.8) is 0 Å². The first-order valence-corrected chi connectivity index (χ1v) is 5.49. The van der Waals surface area contributed by atoms with Gasteiger partial charge in [0.1, 0.15) is 5.82 Å². The van der Waals surface area contributed by atoms with Crippen LogP contribution in [0.4, 0.5) is 11.5 Å². The Morgan fingerprint density at radius 3 is 2.83 bits per heavy atom. The number of amides is 1. The van der Waals surface area contributed by atoms with E-state index in [9.17, 15) is 4.79 Å². The lowest BCUT2D eigenvalue weighted by molar-refractivity contribution is 0.1000. The molecule has 1 aromatic heterocycles. The van der Waals surface area contributed by atoms with Crippen LogP contribution < -0.4 is 16.8 Å². The number of nitrogens with zero attached hydrogens (tertiary/aromatic N) is 1. The second-order valence-electron chi connectivity index (χ2n) is 3.89. The van der Waals surface area contributed by atoms with E-state index in [1.165, 1.54) is 0 Å². The summed E-state index contributed by atoms with van der Waals surface area (Å²) in [5, 5.41) is 3.11. The van der Waals surface area contributed by atoms with Crippen LogP contribution in [0.1, 0.15) is 15.9 Å². The number of carbonyl (C=O) groups is 1. The Kier molecular flexibility index (Phi) is 3.43. The number of rotatable bonds is 4. The minimum Gasteiger partial charge on any atom is -0.399 e. The smallest absolute Gasteiger partial charge is 0.248 e. The van der Waals surface area contributed by atoms with Gasteiger partial charge in [0, 0.05) is 24.0 Å². The molecule has 0 radical (unpaired) electrons. The maximum atomic E-state index is 11.0. The largest absolute Gasteiger partial charge is 0.399 e. The van der Waals surface area contributed by atoms with E-state index < -0.39 is 5.91 Å². The molecular formula is C13H14N4O. The molecule has 0 aliphatic rings. The van der Waals surface area contributed by atoms with Crippen LogP contribution >= 0.6 is 0 Å². The molecule has 5 nitrogen and oxygen atoms in total. The summed E-state index contributed by atoms with van der Waals surface area (Å²) in [6.45, 7) is 0.584. The summed E-state index contributed by atoms with van der Waals surface area (Å²) in [5.74, 6) is 0.137. The molecule has 1 amide bonds. The molecule has 0 aliphatic carbocycles. The Bertz CT molecular complexity index is 568. The Morgan fingerprint density at radius 1 is 1.28 bits per heavy atom. The van der Waals surface area contributed by atoms with Gasteiger partial charge in [0.2, 0.25) is 5.91 Å². The van der Waals surface area contributed by atoms with Gasteiger partial charge in [-0.3, -0.25) is 4.79 Å². The highest BCUT2D eigenvalue weighted by Gasteiger charge is 2.02. The molecule has 1 heterocycles. The quantitative estimate of drug-likeness (QED) is 0.706. The van der Waals surface area contributed by atoms with E-state index in [0.717, 1.165) is 5.56 Å². The van der Waals surface area contributed by atoms with Gasteiger partial charge >= 0.3 is 0 Å². The summed E-state index contributed by atoms with van der Waals surface area (Å²) in [7, 11) is 0. The maximum Gasteiger partial charge on any atom is 0.248 e. The van der Waals surface area contributed by atoms with E-state index in [2.05, 4.69) is 10.3 Å². The maximum absolute atomic E-state index is 11.0. The number of primary amides is 1. The van der Waals surface area contributed by atoms with E-state index >= 15 is 0 Å². The van der Waals surface area contributed by atoms with Crippen LogP contribution in [0.5, 0.6) is 0 Å². The lowest BCUT2D eigenvalue weighted by Gasteiger charge is -2.07. The van der Waals surface area contributed by atoms with Crippen molar-refractivity contribution in [3.05, 3.63) is 53.7 Å². The zero-order valence-electron chi connectivity index (χ0n) is 9.76. The summed E-state index contributed by atoms with van der Waals surface area (Å²) in [6.07, 6.45) is 1.54. The van der Waals surface area contributed by atoms with Crippen molar-refractivity contribution in [3.8, 4) is 0 Å². The molecule has 5 heteroatoms. The van der Waals surface area contributed by atoms with Gasteiger partial charge in [-0.15, -0.1) is 0 Å². The van der Waals surface area contributed by atoms with E-state index in [4.69, 9.17) is 11.5 Å². The molecule has 18 heavy (non-hydrogen) atoms. The Labute approximate surface area is 105 Å². The van der Waals surface area contributed by atoms with Gasteiger partial charge in [-0.25, -0.2) is 4.98 Å². The fourth-order valence-electron chi connectivity index (χ4n) is 1.58. The van der Waals surface area contributed by atoms with Gasteiger partial charge < -0.3 is 16.8 Å². The van der Waals surface area contributed by atoms with E-state index in [-0.39, 0.29) is 0 Å². The van der Waals surface area contributed by atoms with Gasteiger partial charge in [0.15, 0.2) is 0 Å². The van der Waals surface area contributed by atoms with E-state index in [0.29, 0.717) is 23.6 Å². The summed E-state index contributed by atoms with van der Waals surface area (Å²) in [4.78, 5) is 15.1. The van der Waals surface area contributed by atoms with Crippen molar-refractivity contribution < 1.29 is 4.79 Å². The third-order valence-corrected chi connectivity index (χ3v) is 2.47. The minimum absolute atomic E-state index is 0.431. The number of pyridine rings is 1. The van der Waals surface area contributed by atoms with Crippen LogP contribution in [-0.4, -0.2) is 10.9 Å². The van der Waals surface area contributed by atoms with Gasteiger partial charge in [-0.2, -0.15) is 0 Å². The predicted octanol–water partition coefficient (Wildman–Crippen LogP) is 1.37. The van der Waals surface area contributed by atoms with Crippen LogP contribution in [0.3, 0.4) is 0 Å². The number of anilines is 2. The zero-order valence-corrected chi connectivity index (χ0v) is 9.76. The fraction of sp³-hybridized carbons (Fsp3) is 0.0769. The first-order chi connectivity index (χ1) is 8.65. The van der Waals surface area contributed by atoms with E-state index in [1.807, 2.05) is 24.3 Å². The third kappa shape index (κ3) is 2.98. The van der Waals surface area contributed by atoms with Gasteiger partial charge in [-0.05, 0) is 29.8 Å². The van der Waals surface area contributed by atoms with Gasteiger partial charge in [0.05, 0.1) is 0 Å². The third-order valence-electron chi connectivity index (χ3n) is 2.47. The molecule has 0 saturated carbocycles. The number of nitrogen functional groups attached to an aromatic ring is 1. The first kappa shape index (κ1) is 11.9. The molecule has 2 rings (SSSR count). The highest BCUT2D eigenvalue weighted by Crippen LogP contribution is 2.10. The molecule has 0 spiro atoms. The summed E-state index contributed by atoms with van der Waals surface area (Å²) >= 11 is 0. The lowest BCUT2D eigenvalue weighted by Crippen LogP contribution is -2.12. The molecule has 0 bridgehead atoms. The predicted molar refractivity (Wildman–Crippen MR) is 70.9 cm³/mol. The fourth-order valence-corrected chi connectivity index (χ4v) is 1.58. The number of hydrogen-bond acceptors (Lipinski definition) is 4. The average molecular weight is 242 g/mol. The van der Waals surface area contributed by atoms with Gasteiger partial charge in [0.25, 0.3) is 0 Å². The van der Waals surface area contributed by atoms with Crippen LogP contribution in [-0.2, 0) is 6.54 Å². The first-order valence-electron chi connectivity index (χ1n) is 5.49. The molecule has 0 fully saturated rings.